The minimum absolute atomic E-state index is 0.0490. The van der Waals surface area contributed by atoms with Gasteiger partial charge in [0.05, 0.1) is 12.6 Å². The van der Waals surface area contributed by atoms with Crippen molar-refractivity contribution in [2.24, 2.45) is 10.9 Å². The molecule has 0 amide bonds. The van der Waals surface area contributed by atoms with Crippen LogP contribution in [0.15, 0.2) is 96.0 Å². The topological polar surface area (TPSA) is 35.8 Å². The summed E-state index contributed by atoms with van der Waals surface area (Å²) < 4.78 is 0. The summed E-state index contributed by atoms with van der Waals surface area (Å²) in [4.78, 5) is 6.92. The summed E-state index contributed by atoms with van der Waals surface area (Å²) in [6.45, 7) is 6.18. The monoisotopic (exact) mass is 414 g/mol. The molecule has 0 aromatic heterocycles. The number of nitrogens with zero attached hydrogens (tertiary/aromatic N) is 2. The van der Waals surface area contributed by atoms with Gasteiger partial charge < -0.3 is 5.11 Å². The second-order valence-corrected chi connectivity index (χ2v) is 8.46. The minimum Gasteiger partial charge on any atom is -0.390 e. The first-order valence-corrected chi connectivity index (χ1v) is 11.2. The van der Waals surface area contributed by atoms with Crippen LogP contribution in [0.25, 0.3) is 0 Å². The minimum atomic E-state index is -0.553. The Morgan fingerprint density at radius 1 is 0.742 bits per heavy atom. The van der Waals surface area contributed by atoms with Gasteiger partial charge in [-0.2, -0.15) is 0 Å². The van der Waals surface area contributed by atoms with Crippen LogP contribution >= 0.6 is 0 Å². The molecule has 3 aromatic carbocycles. The molecule has 3 nitrogen and oxygen atoms in total. The summed E-state index contributed by atoms with van der Waals surface area (Å²) in [5.74, 6) is 0.379. The van der Waals surface area contributed by atoms with Gasteiger partial charge in [-0.15, -0.1) is 0 Å². The third kappa shape index (κ3) is 7.78. The largest absolute Gasteiger partial charge is 0.390 e. The molecule has 0 radical (unpaired) electrons. The van der Waals surface area contributed by atoms with Gasteiger partial charge in [0.25, 0.3) is 0 Å². The van der Waals surface area contributed by atoms with Crippen LogP contribution in [-0.2, 0) is 19.5 Å². The lowest BCUT2D eigenvalue weighted by atomic mass is 9.98. The van der Waals surface area contributed by atoms with E-state index < -0.39 is 6.10 Å². The summed E-state index contributed by atoms with van der Waals surface area (Å²) in [5.41, 5.74) is 3.72. The van der Waals surface area contributed by atoms with E-state index in [1.165, 1.54) is 16.7 Å². The zero-order chi connectivity index (χ0) is 21.9. The molecule has 3 aromatic rings. The molecule has 0 aliphatic heterocycles. The molecular weight excluding hydrogens is 380 g/mol. The van der Waals surface area contributed by atoms with E-state index in [4.69, 9.17) is 0 Å². The molecule has 0 saturated heterocycles. The van der Waals surface area contributed by atoms with Gasteiger partial charge >= 0.3 is 0 Å². The van der Waals surface area contributed by atoms with Gasteiger partial charge in [0.2, 0.25) is 0 Å². The molecule has 0 spiro atoms. The highest BCUT2D eigenvalue weighted by Crippen LogP contribution is 2.20. The lowest BCUT2D eigenvalue weighted by Crippen LogP contribution is -2.45. The maximum atomic E-state index is 11.3. The maximum Gasteiger partial charge on any atom is 0.0893 e. The Bertz CT molecular complexity index is 853. The molecule has 0 bridgehead atoms. The first-order chi connectivity index (χ1) is 15.1. The summed E-state index contributed by atoms with van der Waals surface area (Å²) >= 11 is 0. The Morgan fingerprint density at radius 3 is 1.65 bits per heavy atom. The standard InChI is InChI=1S/C28H34N2O/c1-23(2)19-29-20-28(31)27(18-24-12-6-3-7-13-24)30(21-25-14-8-4-9-15-25)22-26-16-10-5-11-17-26/h3-17,19,23,27-28,31H,18,20-22H2,1-2H3/t27-,28+/m0/s1. The van der Waals surface area contributed by atoms with Crippen LogP contribution in [0.5, 0.6) is 0 Å². The molecule has 0 saturated carbocycles. The number of aliphatic hydroxyl groups excluding tert-OH is 1. The van der Waals surface area contributed by atoms with Crippen LogP contribution in [0.2, 0.25) is 0 Å². The quantitative estimate of drug-likeness (QED) is 0.427. The van der Waals surface area contributed by atoms with E-state index in [0.29, 0.717) is 12.5 Å². The van der Waals surface area contributed by atoms with Crippen molar-refractivity contribution in [2.45, 2.75) is 45.5 Å². The van der Waals surface area contributed by atoms with Gasteiger partial charge in [-0.05, 0) is 29.0 Å². The van der Waals surface area contributed by atoms with E-state index >= 15 is 0 Å². The maximum absolute atomic E-state index is 11.3. The molecule has 2 atom stereocenters. The fourth-order valence-electron chi connectivity index (χ4n) is 3.79. The molecule has 0 unspecified atom stereocenters. The zero-order valence-electron chi connectivity index (χ0n) is 18.6. The lowest BCUT2D eigenvalue weighted by Gasteiger charge is -2.35. The average Bonchev–Trinajstić information content (AvgIpc) is 2.79. The van der Waals surface area contributed by atoms with E-state index in [0.717, 1.165) is 19.5 Å². The Morgan fingerprint density at radius 2 is 1.19 bits per heavy atom. The zero-order valence-corrected chi connectivity index (χ0v) is 18.6. The highest BCUT2D eigenvalue weighted by atomic mass is 16.3. The van der Waals surface area contributed by atoms with Crippen LogP contribution in [0.4, 0.5) is 0 Å². The predicted molar refractivity (Wildman–Crippen MR) is 130 cm³/mol. The number of aliphatic hydroxyl groups is 1. The molecule has 1 N–H and O–H groups in total. The smallest absolute Gasteiger partial charge is 0.0893 e. The molecule has 31 heavy (non-hydrogen) atoms. The van der Waals surface area contributed by atoms with Crippen LogP contribution in [0.1, 0.15) is 30.5 Å². The molecule has 162 valence electrons. The van der Waals surface area contributed by atoms with Crippen molar-refractivity contribution < 1.29 is 5.11 Å². The van der Waals surface area contributed by atoms with Gasteiger partial charge in [-0.25, -0.2) is 0 Å². The molecule has 0 aliphatic rings. The van der Waals surface area contributed by atoms with Crippen molar-refractivity contribution in [2.75, 3.05) is 6.54 Å². The first-order valence-electron chi connectivity index (χ1n) is 11.2. The van der Waals surface area contributed by atoms with Crippen LogP contribution < -0.4 is 0 Å². The summed E-state index contributed by atoms with van der Waals surface area (Å²) in [6, 6.07) is 31.4. The van der Waals surface area contributed by atoms with Crippen molar-refractivity contribution in [3.63, 3.8) is 0 Å². The number of hydrogen-bond acceptors (Lipinski definition) is 3. The molecule has 0 aliphatic carbocycles. The number of aliphatic imine (C=N–C) groups is 1. The first kappa shape index (κ1) is 22.9. The average molecular weight is 415 g/mol. The Labute approximate surface area is 187 Å². The summed E-state index contributed by atoms with van der Waals surface area (Å²) in [6.07, 6.45) is 2.16. The second kappa shape index (κ2) is 12.2. The van der Waals surface area contributed by atoms with Crippen LogP contribution in [0, 0.1) is 5.92 Å². The van der Waals surface area contributed by atoms with Gasteiger partial charge in [0.15, 0.2) is 0 Å². The van der Waals surface area contributed by atoms with Crippen molar-refractivity contribution in [3.05, 3.63) is 108 Å². The van der Waals surface area contributed by atoms with Crippen molar-refractivity contribution >= 4 is 6.21 Å². The second-order valence-electron chi connectivity index (χ2n) is 8.46. The van der Waals surface area contributed by atoms with Gasteiger partial charge in [-0.1, -0.05) is 105 Å². The van der Waals surface area contributed by atoms with Gasteiger partial charge in [-0.3, -0.25) is 9.89 Å². The van der Waals surface area contributed by atoms with Crippen LogP contribution in [-0.4, -0.2) is 34.9 Å². The number of benzene rings is 3. The third-order valence-corrected chi connectivity index (χ3v) is 5.35. The highest BCUT2D eigenvalue weighted by molar-refractivity contribution is 5.59. The summed E-state index contributed by atoms with van der Waals surface area (Å²) in [5, 5.41) is 11.3. The van der Waals surface area contributed by atoms with E-state index in [2.05, 4.69) is 96.5 Å². The predicted octanol–water partition coefficient (Wildman–Crippen LogP) is 5.39. The van der Waals surface area contributed by atoms with Gasteiger partial charge in [0.1, 0.15) is 0 Å². The molecule has 3 rings (SSSR count). The van der Waals surface area contributed by atoms with Gasteiger partial charge in [0, 0.05) is 25.3 Å². The number of rotatable bonds is 11. The normalized spacial score (nSPS) is 13.7. The SMILES string of the molecule is CC(C)C=NC[C@@H](O)[C@H](Cc1ccccc1)N(Cc1ccccc1)Cc1ccccc1. The Kier molecular flexibility index (Phi) is 9.01. The fraction of sp³-hybridized carbons (Fsp3) is 0.321. The van der Waals surface area contributed by atoms with E-state index in [-0.39, 0.29) is 6.04 Å². The van der Waals surface area contributed by atoms with E-state index in [1.807, 2.05) is 24.4 Å². The molecule has 3 heteroatoms. The molecule has 0 heterocycles. The van der Waals surface area contributed by atoms with Crippen LogP contribution in [0.3, 0.4) is 0 Å². The molecule has 0 fully saturated rings. The third-order valence-electron chi connectivity index (χ3n) is 5.35. The van der Waals surface area contributed by atoms with Crippen molar-refractivity contribution in [1.82, 2.24) is 4.90 Å². The van der Waals surface area contributed by atoms with Crippen molar-refractivity contribution in [3.8, 4) is 0 Å². The molecular formula is C28H34N2O. The Hall–Kier alpha value is -2.75. The highest BCUT2D eigenvalue weighted by Gasteiger charge is 2.26. The number of hydrogen-bond donors (Lipinski definition) is 1. The fourth-order valence-corrected chi connectivity index (χ4v) is 3.79. The summed E-state index contributed by atoms with van der Waals surface area (Å²) in [7, 11) is 0. The lowest BCUT2D eigenvalue weighted by molar-refractivity contribution is 0.0448. The van der Waals surface area contributed by atoms with E-state index in [9.17, 15) is 5.11 Å². The van der Waals surface area contributed by atoms with Crippen molar-refractivity contribution in [1.29, 1.82) is 0 Å². The Balaban J connectivity index is 1.89. The van der Waals surface area contributed by atoms with E-state index in [1.54, 1.807) is 0 Å².